The SMILES string of the molecule is CCC(=O)c1ccc(OCC(=O)Nc2ccccc2CC)c(N)c1. The first-order chi connectivity index (χ1) is 11.5. The number of anilines is 2. The third-order valence-electron chi connectivity index (χ3n) is 3.68. The second-order valence-electron chi connectivity index (χ2n) is 5.38. The molecule has 0 aliphatic heterocycles. The number of nitrogens with one attached hydrogen (secondary N) is 1. The highest BCUT2D eigenvalue weighted by atomic mass is 16.5. The van der Waals surface area contributed by atoms with Gasteiger partial charge in [-0.05, 0) is 36.2 Å². The van der Waals surface area contributed by atoms with Crippen LogP contribution in [0.15, 0.2) is 42.5 Å². The number of nitrogen functional groups attached to an aromatic ring is 1. The fraction of sp³-hybridized carbons (Fsp3) is 0.263. The first-order valence-corrected chi connectivity index (χ1v) is 7.98. The minimum absolute atomic E-state index is 0.0159. The van der Waals surface area contributed by atoms with Crippen LogP contribution in [-0.4, -0.2) is 18.3 Å². The van der Waals surface area contributed by atoms with Crippen LogP contribution in [0.2, 0.25) is 0 Å². The number of hydrogen-bond acceptors (Lipinski definition) is 4. The molecule has 1 amide bonds. The van der Waals surface area contributed by atoms with Gasteiger partial charge in [-0.3, -0.25) is 9.59 Å². The molecule has 5 nitrogen and oxygen atoms in total. The first kappa shape index (κ1) is 17.5. The predicted molar refractivity (Wildman–Crippen MR) is 95.4 cm³/mol. The highest BCUT2D eigenvalue weighted by molar-refractivity contribution is 5.97. The van der Waals surface area contributed by atoms with Crippen LogP contribution >= 0.6 is 0 Å². The van der Waals surface area contributed by atoms with Gasteiger partial charge in [0.15, 0.2) is 12.4 Å². The minimum atomic E-state index is -0.260. The topological polar surface area (TPSA) is 81.4 Å². The van der Waals surface area contributed by atoms with Crippen LogP contribution in [0, 0.1) is 0 Å². The van der Waals surface area contributed by atoms with Gasteiger partial charge in [-0.2, -0.15) is 0 Å². The fourth-order valence-electron chi connectivity index (χ4n) is 2.34. The molecule has 2 aromatic rings. The molecule has 0 saturated heterocycles. The molecule has 0 unspecified atom stereocenters. The number of para-hydroxylation sites is 1. The van der Waals surface area contributed by atoms with E-state index in [1.165, 1.54) is 0 Å². The zero-order chi connectivity index (χ0) is 17.5. The number of benzene rings is 2. The Labute approximate surface area is 141 Å². The minimum Gasteiger partial charge on any atom is -0.482 e. The predicted octanol–water partition coefficient (Wildman–Crippen LogP) is 3.44. The molecule has 0 aliphatic carbocycles. The van der Waals surface area contributed by atoms with Crippen molar-refractivity contribution in [3.8, 4) is 5.75 Å². The summed E-state index contributed by atoms with van der Waals surface area (Å²) in [7, 11) is 0. The lowest BCUT2D eigenvalue weighted by atomic mass is 10.1. The average Bonchev–Trinajstić information content (AvgIpc) is 2.60. The normalized spacial score (nSPS) is 10.2. The number of carbonyl (C=O) groups is 2. The number of rotatable bonds is 7. The van der Waals surface area contributed by atoms with Crippen molar-refractivity contribution in [2.75, 3.05) is 17.7 Å². The van der Waals surface area contributed by atoms with Crippen LogP contribution in [0.1, 0.15) is 36.2 Å². The summed E-state index contributed by atoms with van der Waals surface area (Å²) in [5.41, 5.74) is 8.62. The number of hydrogen-bond donors (Lipinski definition) is 2. The molecule has 0 radical (unpaired) electrons. The first-order valence-electron chi connectivity index (χ1n) is 7.98. The van der Waals surface area contributed by atoms with Crippen molar-refractivity contribution in [3.05, 3.63) is 53.6 Å². The van der Waals surface area contributed by atoms with E-state index in [4.69, 9.17) is 10.5 Å². The molecule has 0 aliphatic rings. The monoisotopic (exact) mass is 326 g/mol. The summed E-state index contributed by atoms with van der Waals surface area (Å²) in [5, 5.41) is 2.83. The summed E-state index contributed by atoms with van der Waals surface area (Å²) in [4.78, 5) is 23.7. The van der Waals surface area contributed by atoms with Gasteiger partial charge in [0.2, 0.25) is 0 Å². The average molecular weight is 326 g/mol. The second-order valence-corrected chi connectivity index (χ2v) is 5.38. The summed E-state index contributed by atoms with van der Waals surface area (Å²) in [6, 6.07) is 12.5. The van der Waals surface area contributed by atoms with Crippen LogP contribution in [0.25, 0.3) is 0 Å². The van der Waals surface area contributed by atoms with Crippen LogP contribution in [-0.2, 0) is 11.2 Å². The maximum Gasteiger partial charge on any atom is 0.262 e. The molecule has 0 saturated carbocycles. The number of nitrogens with two attached hydrogens (primary N) is 1. The van der Waals surface area contributed by atoms with E-state index >= 15 is 0 Å². The van der Waals surface area contributed by atoms with Crippen molar-refractivity contribution in [3.63, 3.8) is 0 Å². The summed E-state index contributed by atoms with van der Waals surface area (Å²) in [5.74, 6) is 0.146. The lowest BCUT2D eigenvalue weighted by Crippen LogP contribution is -2.21. The smallest absolute Gasteiger partial charge is 0.262 e. The number of aryl methyl sites for hydroxylation is 1. The number of ether oxygens (including phenoxy) is 1. The van der Waals surface area contributed by atoms with E-state index in [9.17, 15) is 9.59 Å². The van der Waals surface area contributed by atoms with Crippen molar-refractivity contribution in [1.29, 1.82) is 0 Å². The van der Waals surface area contributed by atoms with Crippen molar-refractivity contribution >= 4 is 23.1 Å². The number of Topliss-reactive ketones (excluding diaryl/α,β-unsaturated/α-hetero) is 1. The Morgan fingerprint density at radius 1 is 1.12 bits per heavy atom. The molecule has 126 valence electrons. The van der Waals surface area contributed by atoms with Crippen LogP contribution in [0.4, 0.5) is 11.4 Å². The Kier molecular flexibility index (Phi) is 5.95. The summed E-state index contributed by atoms with van der Waals surface area (Å²) in [6.45, 7) is 3.67. The van der Waals surface area contributed by atoms with E-state index in [1.807, 2.05) is 31.2 Å². The third-order valence-corrected chi connectivity index (χ3v) is 3.68. The third kappa shape index (κ3) is 4.35. The Hall–Kier alpha value is -2.82. The molecule has 2 aromatic carbocycles. The van der Waals surface area contributed by atoms with Gasteiger partial charge in [-0.1, -0.05) is 32.0 Å². The molecule has 0 bridgehead atoms. The maximum atomic E-state index is 12.1. The van der Waals surface area contributed by atoms with Gasteiger partial charge in [-0.15, -0.1) is 0 Å². The summed E-state index contributed by atoms with van der Waals surface area (Å²) >= 11 is 0. The lowest BCUT2D eigenvalue weighted by Gasteiger charge is -2.12. The van der Waals surface area contributed by atoms with Crippen molar-refractivity contribution in [2.24, 2.45) is 0 Å². The zero-order valence-corrected chi connectivity index (χ0v) is 14.0. The van der Waals surface area contributed by atoms with Crippen LogP contribution < -0.4 is 15.8 Å². The molecular weight excluding hydrogens is 304 g/mol. The maximum absolute atomic E-state index is 12.1. The Morgan fingerprint density at radius 2 is 1.88 bits per heavy atom. The van der Waals surface area contributed by atoms with Gasteiger partial charge in [0, 0.05) is 17.7 Å². The molecule has 3 N–H and O–H groups in total. The molecule has 2 rings (SSSR count). The van der Waals surface area contributed by atoms with Crippen molar-refractivity contribution < 1.29 is 14.3 Å². The fourth-order valence-corrected chi connectivity index (χ4v) is 2.34. The second kappa shape index (κ2) is 8.15. The largest absolute Gasteiger partial charge is 0.482 e. The van der Waals surface area contributed by atoms with E-state index in [1.54, 1.807) is 25.1 Å². The van der Waals surface area contributed by atoms with Crippen LogP contribution in [0.3, 0.4) is 0 Å². The van der Waals surface area contributed by atoms with Gasteiger partial charge in [0.25, 0.3) is 5.91 Å². The van der Waals surface area contributed by atoms with Gasteiger partial charge in [-0.25, -0.2) is 0 Å². The molecule has 0 fully saturated rings. The summed E-state index contributed by atoms with van der Waals surface area (Å²) < 4.78 is 5.46. The molecule has 0 spiro atoms. The van der Waals surface area contributed by atoms with Gasteiger partial charge < -0.3 is 15.8 Å². The Morgan fingerprint density at radius 3 is 2.54 bits per heavy atom. The van der Waals surface area contributed by atoms with E-state index < -0.39 is 0 Å². The van der Waals surface area contributed by atoms with Crippen LogP contribution in [0.5, 0.6) is 5.75 Å². The van der Waals surface area contributed by atoms with E-state index in [0.29, 0.717) is 23.4 Å². The van der Waals surface area contributed by atoms with E-state index in [-0.39, 0.29) is 18.3 Å². The lowest BCUT2D eigenvalue weighted by molar-refractivity contribution is -0.118. The molecule has 0 atom stereocenters. The highest BCUT2D eigenvalue weighted by Crippen LogP contribution is 2.23. The summed E-state index contributed by atoms with van der Waals surface area (Å²) in [6.07, 6.45) is 1.25. The van der Waals surface area contributed by atoms with E-state index in [2.05, 4.69) is 5.32 Å². The van der Waals surface area contributed by atoms with Crippen molar-refractivity contribution in [2.45, 2.75) is 26.7 Å². The van der Waals surface area contributed by atoms with Gasteiger partial charge in [0.05, 0.1) is 5.69 Å². The number of carbonyl (C=O) groups excluding carboxylic acids is 2. The number of amides is 1. The van der Waals surface area contributed by atoms with Crippen molar-refractivity contribution in [1.82, 2.24) is 0 Å². The Bertz CT molecular complexity index is 741. The van der Waals surface area contributed by atoms with Gasteiger partial charge in [0.1, 0.15) is 5.75 Å². The quantitative estimate of drug-likeness (QED) is 0.603. The highest BCUT2D eigenvalue weighted by Gasteiger charge is 2.10. The standard InChI is InChI=1S/C19H22N2O3/c1-3-13-7-5-6-8-16(13)21-19(23)12-24-18-10-9-14(11-15(18)20)17(22)4-2/h5-11H,3-4,12,20H2,1-2H3,(H,21,23). The molecule has 24 heavy (non-hydrogen) atoms. The zero-order valence-electron chi connectivity index (χ0n) is 14.0. The number of ketones is 1. The van der Waals surface area contributed by atoms with E-state index in [0.717, 1.165) is 17.7 Å². The molecular formula is C19H22N2O3. The Balaban J connectivity index is 1.98. The molecule has 0 aromatic heterocycles. The molecule has 0 heterocycles. The van der Waals surface area contributed by atoms with Gasteiger partial charge >= 0.3 is 0 Å². The molecule has 5 heteroatoms.